The Morgan fingerprint density at radius 1 is 1.41 bits per heavy atom. The maximum Gasteiger partial charge on any atom is 0.169 e. The first-order chi connectivity index (χ1) is 8.04. The lowest BCUT2D eigenvalue weighted by atomic mass is 10.2. The molecule has 0 aliphatic carbocycles. The minimum absolute atomic E-state index is 0.256. The van der Waals surface area contributed by atoms with E-state index in [0.717, 1.165) is 23.5 Å². The van der Waals surface area contributed by atoms with Gasteiger partial charge in [-0.25, -0.2) is 0 Å². The maximum atomic E-state index is 5.51. The van der Waals surface area contributed by atoms with Crippen LogP contribution in [0.2, 0.25) is 0 Å². The first-order valence-electron chi connectivity index (χ1n) is 6.23. The summed E-state index contributed by atoms with van der Waals surface area (Å²) in [5, 5.41) is 3.47. The standard InChI is InChI=1S/C13H23BrN2O/c1-5-10(2)16(4)9-8-15-11(3)12-6-7-13(14)17-12/h6-7,10-11,15H,5,8-9H2,1-4H3. The minimum Gasteiger partial charge on any atom is -0.453 e. The number of halogens is 1. The Labute approximate surface area is 113 Å². The molecule has 4 heteroatoms. The fourth-order valence-corrected chi connectivity index (χ4v) is 1.97. The summed E-state index contributed by atoms with van der Waals surface area (Å²) in [7, 11) is 2.17. The maximum absolute atomic E-state index is 5.51. The molecular weight excluding hydrogens is 280 g/mol. The van der Waals surface area contributed by atoms with Gasteiger partial charge in [0.25, 0.3) is 0 Å². The molecule has 0 aliphatic rings. The largest absolute Gasteiger partial charge is 0.453 e. The Hall–Kier alpha value is -0.320. The number of nitrogens with zero attached hydrogens (tertiary/aromatic N) is 1. The lowest BCUT2D eigenvalue weighted by molar-refractivity contribution is 0.247. The third-order valence-electron chi connectivity index (χ3n) is 3.28. The molecular formula is C13H23BrN2O. The Balaban J connectivity index is 2.27. The van der Waals surface area contributed by atoms with E-state index in [1.165, 1.54) is 6.42 Å². The van der Waals surface area contributed by atoms with Crippen molar-refractivity contribution < 1.29 is 4.42 Å². The topological polar surface area (TPSA) is 28.4 Å². The van der Waals surface area contributed by atoms with Gasteiger partial charge in [0.1, 0.15) is 5.76 Å². The van der Waals surface area contributed by atoms with Crippen molar-refractivity contribution in [3.8, 4) is 0 Å². The van der Waals surface area contributed by atoms with Gasteiger partial charge < -0.3 is 14.6 Å². The molecule has 17 heavy (non-hydrogen) atoms. The zero-order chi connectivity index (χ0) is 12.8. The molecule has 0 aliphatic heterocycles. The molecule has 1 heterocycles. The number of hydrogen-bond donors (Lipinski definition) is 1. The summed E-state index contributed by atoms with van der Waals surface area (Å²) in [6.45, 7) is 8.63. The molecule has 0 bridgehead atoms. The molecule has 2 atom stereocenters. The van der Waals surface area contributed by atoms with Crippen molar-refractivity contribution in [2.45, 2.75) is 39.3 Å². The number of rotatable bonds is 7. The summed E-state index contributed by atoms with van der Waals surface area (Å²) in [6, 6.07) is 4.83. The van der Waals surface area contributed by atoms with Crippen molar-refractivity contribution in [2.75, 3.05) is 20.1 Å². The van der Waals surface area contributed by atoms with E-state index in [0.29, 0.717) is 6.04 Å². The average Bonchev–Trinajstić information content (AvgIpc) is 2.74. The SMILES string of the molecule is CCC(C)N(C)CCNC(C)c1ccc(Br)o1. The predicted molar refractivity (Wildman–Crippen MR) is 75.2 cm³/mol. The van der Waals surface area contributed by atoms with Crippen LogP contribution in [0, 0.1) is 0 Å². The first-order valence-corrected chi connectivity index (χ1v) is 7.02. The van der Waals surface area contributed by atoms with Gasteiger partial charge >= 0.3 is 0 Å². The molecule has 0 saturated heterocycles. The van der Waals surface area contributed by atoms with Crippen molar-refractivity contribution in [1.29, 1.82) is 0 Å². The molecule has 1 rings (SSSR count). The van der Waals surface area contributed by atoms with Gasteiger partial charge in [-0.3, -0.25) is 0 Å². The number of likely N-dealkylation sites (N-methyl/N-ethyl adjacent to an activating group) is 1. The average molecular weight is 303 g/mol. The highest BCUT2D eigenvalue weighted by atomic mass is 79.9. The van der Waals surface area contributed by atoms with E-state index >= 15 is 0 Å². The minimum atomic E-state index is 0.256. The van der Waals surface area contributed by atoms with Gasteiger partial charge in [0.2, 0.25) is 0 Å². The van der Waals surface area contributed by atoms with E-state index in [1.54, 1.807) is 0 Å². The lowest BCUT2D eigenvalue weighted by Gasteiger charge is -2.24. The summed E-state index contributed by atoms with van der Waals surface area (Å²) in [4.78, 5) is 2.37. The fourth-order valence-electron chi connectivity index (χ4n) is 1.65. The summed E-state index contributed by atoms with van der Waals surface area (Å²) in [5.41, 5.74) is 0. The van der Waals surface area contributed by atoms with Crippen molar-refractivity contribution in [3.63, 3.8) is 0 Å². The Kier molecular flexibility index (Phi) is 6.23. The Morgan fingerprint density at radius 2 is 2.12 bits per heavy atom. The zero-order valence-electron chi connectivity index (χ0n) is 11.2. The highest BCUT2D eigenvalue weighted by Gasteiger charge is 2.10. The fraction of sp³-hybridized carbons (Fsp3) is 0.692. The van der Waals surface area contributed by atoms with Crippen LogP contribution in [0.25, 0.3) is 0 Å². The molecule has 0 saturated carbocycles. The normalized spacial score (nSPS) is 15.2. The van der Waals surface area contributed by atoms with Crippen molar-refractivity contribution in [3.05, 3.63) is 22.6 Å². The molecule has 0 radical (unpaired) electrons. The molecule has 0 spiro atoms. The van der Waals surface area contributed by atoms with Crippen LogP contribution in [0.15, 0.2) is 21.2 Å². The van der Waals surface area contributed by atoms with E-state index in [-0.39, 0.29) is 6.04 Å². The molecule has 1 aromatic rings. The van der Waals surface area contributed by atoms with Crippen LogP contribution in [0.4, 0.5) is 0 Å². The third-order valence-corrected chi connectivity index (χ3v) is 3.71. The van der Waals surface area contributed by atoms with E-state index < -0.39 is 0 Å². The second-order valence-electron chi connectivity index (χ2n) is 4.56. The highest BCUT2D eigenvalue weighted by molar-refractivity contribution is 9.10. The van der Waals surface area contributed by atoms with E-state index in [2.05, 4.69) is 54.0 Å². The van der Waals surface area contributed by atoms with Gasteiger partial charge in [0.05, 0.1) is 6.04 Å². The summed E-state index contributed by atoms with van der Waals surface area (Å²) >= 11 is 3.32. The Morgan fingerprint density at radius 3 is 2.65 bits per heavy atom. The van der Waals surface area contributed by atoms with Crippen LogP contribution >= 0.6 is 15.9 Å². The molecule has 0 fully saturated rings. The molecule has 3 nitrogen and oxygen atoms in total. The summed E-state index contributed by atoms with van der Waals surface area (Å²) < 4.78 is 6.30. The van der Waals surface area contributed by atoms with Gasteiger partial charge in [0.15, 0.2) is 4.67 Å². The molecule has 98 valence electrons. The van der Waals surface area contributed by atoms with Gasteiger partial charge in [-0.05, 0) is 55.4 Å². The highest BCUT2D eigenvalue weighted by Crippen LogP contribution is 2.19. The van der Waals surface area contributed by atoms with E-state index in [1.807, 2.05) is 12.1 Å². The van der Waals surface area contributed by atoms with E-state index in [4.69, 9.17) is 4.42 Å². The van der Waals surface area contributed by atoms with Gasteiger partial charge in [-0.1, -0.05) is 6.92 Å². The van der Waals surface area contributed by atoms with Crippen molar-refractivity contribution in [2.24, 2.45) is 0 Å². The Bertz CT molecular complexity index is 327. The third kappa shape index (κ3) is 4.82. The number of hydrogen-bond acceptors (Lipinski definition) is 3. The monoisotopic (exact) mass is 302 g/mol. The van der Waals surface area contributed by atoms with Crippen LogP contribution in [0.3, 0.4) is 0 Å². The molecule has 1 aromatic heterocycles. The second-order valence-corrected chi connectivity index (χ2v) is 5.34. The summed E-state index contributed by atoms with van der Waals surface area (Å²) in [6.07, 6.45) is 1.19. The molecule has 2 unspecified atom stereocenters. The van der Waals surface area contributed by atoms with Gasteiger partial charge in [-0.15, -0.1) is 0 Å². The van der Waals surface area contributed by atoms with Crippen LogP contribution in [0.1, 0.15) is 39.0 Å². The van der Waals surface area contributed by atoms with E-state index in [9.17, 15) is 0 Å². The second kappa shape index (κ2) is 7.19. The number of furan rings is 1. The quantitative estimate of drug-likeness (QED) is 0.836. The molecule has 0 aromatic carbocycles. The lowest BCUT2D eigenvalue weighted by Crippen LogP contribution is -2.35. The predicted octanol–water partition coefficient (Wildman–Crippen LogP) is 3.42. The van der Waals surface area contributed by atoms with Gasteiger partial charge in [0, 0.05) is 19.1 Å². The van der Waals surface area contributed by atoms with Gasteiger partial charge in [-0.2, -0.15) is 0 Å². The van der Waals surface area contributed by atoms with Crippen molar-refractivity contribution >= 4 is 15.9 Å². The van der Waals surface area contributed by atoms with Crippen molar-refractivity contribution in [1.82, 2.24) is 10.2 Å². The molecule has 0 amide bonds. The molecule has 1 N–H and O–H groups in total. The zero-order valence-corrected chi connectivity index (χ0v) is 12.8. The van der Waals surface area contributed by atoms with Crippen LogP contribution < -0.4 is 5.32 Å². The summed E-state index contributed by atoms with van der Waals surface area (Å²) in [5.74, 6) is 0.975. The first kappa shape index (κ1) is 14.7. The smallest absolute Gasteiger partial charge is 0.169 e. The number of nitrogens with one attached hydrogen (secondary N) is 1. The van der Waals surface area contributed by atoms with Crippen LogP contribution in [0.5, 0.6) is 0 Å². The van der Waals surface area contributed by atoms with Crippen LogP contribution in [-0.2, 0) is 0 Å². The van der Waals surface area contributed by atoms with Crippen LogP contribution in [-0.4, -0.2) is 31.1 Å².